The van der Waals surface area contributed by atoms with E-state index in [2.05, 4.69) is 115 Å². The Morgan fingerprint density at radius 2 is 1.02 bits per heavy atom. The first-order chi connectivity index (χ1) is 25.6. The van der Waals surface area contributed by atoms with Crippen LogP contribution in [0.2, 0.25) is 0 Å². The Labute approximate surface area is 335 Å². The van der Waals surface area contributed by atoms with E-state index in [1.807, 2.05) is 60.7 Å². The molecule has 5 aromatic carbocycles. The molecule has 0 saturated heterocycles. The standard InChI is InChI=1S/C16H18N2O.C16H18O.C15H16O.CH4.CH3.HN2.3Rf/c1-16(2,3)11-8-9-12(14(10-11)18-17)13-6-4-5-7-15(13)19;1-16(2,3)13-10-8-12(9-11-13)14-6-4-5-7-15(14)17;1-11(2)12-7-9-13(10-8-12)14-5-3-4-6-15(14)16;;;1-2;;;/h4-10,17,19H,1-3H3;4-11,17H,1-3H3;3-10,13,16H,1-2H3;1H4;1H3;1H;;;/q;;;;+1;-1;;;/p+1. The third-order valence-electron chi connectivity index (χ3n) is 9.00. The van der Waals surface area contributed by atoms with Crippen LogP contribution in [0, 0.1) is 13.0 Å². The topological polar surface area (TPSA) is 145 Å². The van der Waals surface area contributed by atoms with Crippen molar-refractivity contribution < 1.29 is 20.9 Å². The Morgan fingerprint density at radius 1 is 0.593 bits per heavy atom. The van der Waals surface area contributed by atoms with E-state index in [-0.39, 0.29) is 37.4 Å². The maximum Gasteiger partial charge on any atom is 0.138 e. The number of benzene rings is 5. The summed E-state index contributed by atoms with van der Waals surface area (Å²) in [5.41, 5.74) is 26.9. The largest absolute Gasteiger partial charge is 0.715 e. The molecule has 59 heavy (non-hydrogen) atoms. The molecule has 0 unspecified atom stereocenters. The van der Waals surface area contributed by atoms with Gasteiger partial charge in [-0.15, -0.1) is 0 Å². The first kappa shape index (κ1) is 54.1. The summed E-state index contributed by atoms with van der Waals surface area (Å²) >= 11 is 0. The Kier molecular flexibility index (Phi) is 21.6. The van der Waals surface area contributed by atoms with Crippen LogP contribution in [0.25, 0.3) is 27.8 Å². The predicted molar refractivity (Wildman–Crippen MR) is 235 cm³/mol. The molecule has 0 atom stereocenters. The van der Waals surface area contributed by atoms with E-state index >= 15 is 0 Å². The summed E-state index contributed by atoms with van der Waals surface area (Å²) in [6.07, 6.45) is 8.48. The second-order valence-electron chi connectivity index (χ2n) is 15.2. The van der Waals surface area contributed by atoms with Crippen molar-refractivity contribution in [3.8, 4) is 39.5 Å². The SMILES string of the molecule is C.CC(C)(C)c1ccc(-c2ccccc2O)c(N=[NH2+])c1.CC(C)(C)c1ccc(-c2ccccc2O)cc1.CC(C)=C1C=CC(c2ccccc2O)C=C1.[CH3+].[N-]=N.[Rf].[Rf].[Rf]. The molecular formula is C49H61N4O3Rf3+. The number of hydrogen-bond acceptors (Lipinski definition) is 5. The molecule has 0 heterocycles. The van der Waals surface area contributed by atoms with Crippen LogP contribution in [-0.2, 0) is 10.8 Å². The number of para-hydroxylation sites is 3. The molecular weight excluding hydrogens is 1490 g/mol. The maximum absolute atomic E-state index is 9.93. The fourth-order valence-electron chi connectivity index (χ4n) is 5.75. The first-order valence-corrected chi connectivity index (χ1v) is 17.9. The van der Waals surface area contributed by atoms with Gasteiger partial charge in [0.15, 0.2) is 0 Å². The van der Waals surface area contributed by atoms with Crippen molar-refractivity contribution in [2.75, 3.05) is 0 Å². The van der Waals surface area contributed by atoms with Crippen LogP contribution in [-0.4, -0.2) is 15.3 Å². The van der Waals surface area contributed by atoms with Gasteiger partial charge in [-0.1, -0.05) is 170 Å². The molecule has 0 aromatic heterocycles. The smallest absolute Gasteiger partial charge is 0.138 e. The van der Waals surface area contributed by atoms with Crippen molar-refractivity contribution in [2.24, 2.45) is 5.11 Å². The van der Waals surface area contributed by atoms with Gasteiger partial charge in [0, 0.05) is 35.6 Å². The zero-order valence-corrected chi connectivity index (χ0v) is 55.0. The van der Waals surface area contributed by atoms with Crippen molar-refractivity contribution in [3.05, 3.63) is 180 Å². The van der Waals surface area contributed by atoms with Crippen LogP contribution in [0.5, 0.6) is 17.2 Å². The van der Waals surface area contributed by atoms with Gasteiger partial charge in [-0.3, -0.25) is 0 Å². The number of nitrogens with one attached hydrogen (secondary N) is 1. The summed E-state index contributed by atoms with van der Waals surface area (Å²) in [6.45, 7) is 17.2. The normalized spacial score (nSPS) is 12.1. The summed E-state index contributed by atoms with van der Waals surface area (Å²) in [7, 11) is 0. The second-order valence-corrected chi connectivity index (χ2v) is 15.2. The first-order valence-electron chi connectivity index (χ1n) is 17.9. The predicted octanol–water partition coefficient (Wildman–Crippen LogP) is 13.2. The Bertz CT molecular complexity index is 2100. The molecule has 0 fully saturated rings. The Morgan fingerprint density at radius 3 is 1.44 bits per heavy atom. The van der Waals surface area contributed by atoms with E-state index in [4.69, 9.17) is 16.6 Å². The molecule has 7 nitrogen and oxygen atoms in total. The average molecular weight is 1560 g/mol. The number of aromatic hydroxyl groups is 3. The fourth-order valence-corrected chi connectivity index (χ4v) is 5.75. The zero-order chi connectivity index (χ0) is 40.1. The summed E-state index contributed by atoms with van der Waals surface area (Å²) < 4.78 is 0. The summed E-state index contributed by atoms with van der Waals surface area (Å²) in [4.78, 5) is 0. The van der Waals surface area contributed by atoms with Gasteiger partial charge >= 0.3 is 0 Å². The van der Waals surface area contributed by atoms with Crippen LogP contribution in [0.1, 0.15) is 85.4 Å². The van der Waals surface area contributed by atoms with Crippen molar-refractivity contribution in [3.63, 3.8) is 0 Å². The third kappa shape index (κ3) is 14.2. The van der Waals surface area contributed by atoms with Crippen LogP contribution < -0.4 is 5.53 Å². The van der Waals surface area contributed by atoms with Crippen molar-refractivity contribution >= 4 is 5.69 Å². The number of rotatable bonds is 4. The average Bonchev–Trinajstić information content (AvgIpc) is 3.16. The van der Waals surface area contributed by atoms with Crippen LogP contribution in [0.15, 0.2) is 156 Å². The van der Waals surface area contributed by atoms with Gasteiger partial charge in [-0.05, 0) is 76.3 Å². The molecule has 5 aromatic rings. The number of allylic oxidation sites excluding steroid dienone is 6. The van der Waals surface area contributed by atoms with Crippen LogP contribution >= 0.6 is 0 Å². The molecule has 1 aliphatic carbocycles. The molecule has 0 amide bonds. The van der Waals surface area contributed by atoms with Gasteiger partial charge < -0.3 is 26.4 Å². The molecule has 0 spiro atoms. The van der Waals surface area contributed by atoms with Crippen LogP contribution in [0.3, 0.4) is 0 Å². The quantitative estimate of drug-likeness (QED) is 0.0902. The Hall–Kier alpha value is -9.21. The molecule has 0 saturated carbocycles. The maximum atomic E-state index is 9.93. The summed E-state index contributed by atoms with van der Waals surface area (Å²) in [6, 6.07) is 36.5. The minimum Gasteiger partial charge on any atom is -0.715 e. The van der Waals surface area contributed by atoms with Gasteiger partial charge in [0.25, 0.3) is 0 Å². The number of phenolic OH excluding ortho intramolecular Hbond substituents is 3. The summed E-state index contributed by atoms with van der Waals surface area (Å²) in [5.74, 6) is 1.11. The van der Waals surface area contributed by atoms with E-state index in [0.717, 1.165) is 33.4 Å². The van der Waals surface area contributed by atoms with Crippen molar-refractivity contribution in [1.82, 2.24) is 0 Å². The van der Waals surface area contributed by atoms with E-state index < -0.39 is 0 Å². The second kappa shape index (κ2) is 23.5. The summed E-state index contributed by atoms with van der Waals surface area (Å²) in [5, 5.41) is 33.3. The van der Waals surface area contributed by atoms with Crippen LogP contribution in [0.4, 0.5) is 5.69 Å². The molecule has 6 N–H and O–H groups in total. The van der Waals surface area contributed by atoms with Gasteiger partial charge in [0.1, 0.15) is 22.9 Å². The molecule has 10 heteroatoms. The number of nitrogens with zero attached hydrogens (tertiary/aromatic N) is 2. The molecule has 0 radical (unpaired) electrons. The minimum atomic E-state index is 0. The molecule has 300 valence electrons. The van der Waals surface area contributed by atoms with Gasteiger partial charge in [-0.25, -0.2) is 0 Å². The monoisotopic (exact) mass is 1550 g/mol. The van der Waals surface area contributed by atoms with Gasteiger partial charge in [-0.2, -0.15) is 5.53 Å². The minimum absolute atomic E-state index is 0. The number of nitrogens with two attached hydrogens (primary N) is 1. The van der Waals surface area contributed by atoms with Gasteiger partial charge in [0.05, 0.1) is 0 Å². The van der Waals surface area contributed by atoms with Gasteiger partial charge in [0.2, 0.25) is 0 Å². The molecule has 1 aliphatic rings. The molecule has 0 aliphatic heterocycles. The van der Waals surface area contributed by atoms with E-state index in [9.17, 15) is 15.3 Å². The van der Waals surface area contributed by atoms with Crippen molar-refractivity contribution in [2.45, 2.75) is 79.6 Å². The third-order valence-corrected chi connectivity index (χ3v) is 9.00. The number of hydrogen-bond donors (Lipinski definition) is 5. The zero-order valence-electron chi connectivity index (χ0n) is 35.8. The van der Waals surface area contributed by atoms with E-state index in [1.165, 1.54) is 16.7 Å². The fraction of sp³-hybridized carbons (Fsp3) is 0.245. The molecule has 6 rings (SSSR count). The Balaban J connectivity index is -0.000000751. The van der Waals surface area contributed by atoms with E-state index in [1.54, 1.807) is 24.3 Å². The van der Waals surface area contributed by atoms with E-state index in [0.29, 0.717) is 17.2 Å². The van der Waals surface area contributed by atoms with Crippen molar-refractivity contribution in [1.29, 1.82) is 5.53 Å². The molecule has 0 bridgehead atoms. The number of phenols is 3.